The number of nitrogens with one attached hydrogen (secondary N) is 1. The summed E-state index contributed by atoms with van der Waals surface area (Å²) in [5, 5.41) is 23.6. The molecule has 0 saturated carbocycles. The molecule has 0 aromatic rings. The van der Waals surface area contributed by atoms with Gasteiger partial charge in [-0.1, -0.05) is 203 Å². The van der Waals surface area contributed by atoms with Crippen molar-refractivity contribution in [1.82, 2.24) is 5.32 Å². The van der Waals surface area contributed by atoms with E-state index in [9.17, 15) is 19.8 Å². The Labute approximate surface area is 339 Å². The molecule has 3 N–H and O–H groups in total. The van der Waals surface area contributed by atoms with Crippen LogP contribution < -0.4 is 5.32 Å². The highest BCUT2D eigenvalue weighted by Crippen LogP contribution is 2.16. The average molecular weight is 768 g/mol. The van der Waals surface area contributed by atoms with Crippen molar-refractivity contribution in [1.29, 1.82) is 0 Å². The van der Waals surface area contributed by atoms with E-state index in [0.717, 1.165) is 51.4 Å². The number of amides is 1. The number of aliphatic hydroxyl groups excluding tert-OH is 2. The third kappa shape index (κ3) is 38.0. The smallest absolute Gasteiger partial charge is 0.306 e. The van der Waals surface area contributed by atoms with Gasteiger partial charge in [0.05, 0.1) is 25.2 Å². The largest absolute Gasteiger partial charge is 0.462 e. The van der Waals surface area contributed by atoms with Gasteiger partial charge in [0.15, 0.2) is 0 Å². The molecular weight excluding hydrogens is 683 g/mol. The molecular formula is C49H85NO5. The van der Waals surface area contributed by atoms with Gasteiger partial charge in [-0.05, 0) is 57.8 Å². The Hall–Kier alpha value is -2.70. The number of hydrogen-bond donors (Lipinski definition) is 3. The number of aliphatic hydroxyl groups is 2. The lowest BCUT2D eigenvalue weighted by molar-refractivity contribution is -0.151. The number of esters is 1. The molecule has 0 saturated heterocycles. The summed E-state index contributed by atoms with van der Waals surface area (Å²) >= 11 is 0. The number of hydrogen-bond acceptors (Lipinski definition) is 5. The SMILES string of the molecule is CC/C=C/C=C/C=C\C=C/C=C/CCCC(=O)OC(CCC/C=C\CCCCCCCCC)CC(=O)NC(CO)C(O)CCCCCCCCCCCCC. The molecule has 55 heavy (non-hydrogen) atoms. The standard InChI is InChI=1S/C49H85NO5/c1-4-7-10-13-16-19-22-24-27-30-33-36-39-42-49(54)55-45(40-37-34-31-28-26-23-20-17-14-11-8-5-2)43-48(53)50-46(44-51)47(52)41-38-35-32-29-25-21-18-15-12-9-6-3/h7,10,13,16,19,22,24,27-28,30-31,33,45-47,51-52H,4-6,8-9,11-12,14-15,17-18,20-21,23,25-26,29,32,34-44H2,1-3H3,(H,50,53)/b10-7+,16-13+,22-19-,27-24-,31-28-,33-30+. The van der Waals surface area contributed by atoms with E-state index < -0.39 is 18.2 Å². The number of ether oxygens (including phenoxy) is 1. The quantitative estimate of drug-likeness (QED) is 0.0250. The van der Waals surface area contributed by atoms with Crippen LogP contribution in [-0.2, 0) is 14.3 Å². The van der Waals surface area contributed by atoms with Gasteiger partial charge in [-0.2, -0.15) is 0 Å². The molecule has 0 aliphatic heterocycles. The minimum Gasteiger partial charge on any atom is -0.462 e. The first-order valence-corrected chi connectivity index (χ1v) is 22.7. The number of carbonyl (C=O) groups is 2. The van der Waals surface area contributed by atoms with Gasteiger partial charge >= 0.3 is 5.97 Å². The van der Waals surface area contributed by atoms with Crippen molar-refractivity contribution in [3.05, 3.63) is 72.9 Å². The van der Waals surface area contributed by atoms with Crippen molar-refractivity contribution in [2.75, 3.05) is 6.61 Å². The van der Waals surface area contributed by atoms with Gasteiger partial charge in [0.2, 0.25) is 5.91 Å². The van der Waals surface area contributed by atoms with Crippen LogP contribution in [0.15, 0.2) is 72.9 Å². The van der Waals surface area contributed by atoms with Crippen molar-refractivity contribution in [2.24, 2.45) is 0 Å². The molecule has 0 radical (unpaired) electrons. The van der Waals surface area contributed by atoms with Crippen LogP contribution in [0.3, 0.4) is 0 Å². The summed E-state index contributed by atoms with van der Waals surface area (Å²) in [5.74, 6) is -0.598. The second-order valence-corrected chi connectivity index (χ2v) is 15.2. The lowest BCUT2D eigenvalue weighted by atomic mass is 10.0. The van der Waals surface area contributed by atoms with Gasteiger partial charge in [0, 0.05) is 6.42 Å². The first-order valence-electron chi connectivity index (χ1n) is 22.7. The van der Waals surface area contributed by atoms with Crippen LogP contribution in [-0.4, -0.2) is 46.9 Å². The number of carbonyl (C=O) groups excluding carboxylic acids is 2. The molecule has 0 spiro atoms. The Morgan fingerprint density at radius 1 is 0.545 bits per heavy atom. The molecule has 3 unspecified atom stereocenters. The fraction of sp³-hybridized carbons (Fsp3) is 0.714. The molecule has 1 amide bonds. The molecule has 0 aliphatic carbocycles. The highest BCUT2D eigenvalue weighted by atomic mass is 16.5. The van der Waals surface area contributed by atoms with Crippen molar-refractivity contribution < 1.29 is 24.5 Å². The van der Waals surface area contributed by atoms with Gasteiger partial charge in [0.25, 0.3) is 0 Å². The lowest BCUT2D eigenvalue weighted by Crippen LogP contribution is -2.46. The summed E-state index contributed by atoms with van der Waals surface area (Å²) < 4.78 is 5.84. The highest BCUT2D eigenvalue weighted by Gasteiger charge is 2.23. The van der Waals surface area contributed by atoms with E-state index in [1.54, 1.807) is 0 Å². The summed E-state index contributed by atoms with van der Waals surface area (Å²) in [5.41, 5.74) is 0. The van der Waals surface area contributed by atoms with E-state index in [-0.39, 0.29) is 31.3 Å². The molecule has 3 atom stereocenters. The number of rotatable bonds is 39. The van der Waals surface area contributed by atoms with E-state index in [1.165, 1.54) is 96.3 Å². The van der Waals surface area contributed by atoms with Crippen LogP contribution >= 0.6 is 0 Å². The van der Waals surface area contributed by atoms with Gasteiger partial charge in [0.1, 0.15) is 6.10 Å². The Kier molecular flexibility index (Phi) is 40.4. The highest BCUT2D eigenvalue weighted by molar-refractivity contribution is 5.77. The predicted molar refractivity (Wildman–Crippen MR) is 236 cm³/mol. The van der Waals surface area contributed by atoms with Crippen LogP contribution in [0.4, 0.5) is 0 Å². The minimum absolute atomic E-state index is 0.0252. The molecule has 316 valence electrons. The van der Waals surface area contributed by atoms with Gasteiger partial charge < -0.3 is 20.3 Å². The summed E-state index contributed by atoms with van der Waals surface area (Å²) in [4.78, 5) is 25.9. The van der Waals surface area contributed by atoms with Crippen LogP contribution in [0.5, 0.6) is 0 Å². The van der Waals surface area contributed by atoms with Crippen molar-refractivity contribution in [3.63, 3.8) is 0 Å². The molecule has 0 aliphatic rings. The van der Waals surface area contributed by atoms with Crippen molar-refractivity contribution in [2.45, 2.75) is 219 Å². The maximum Gasteiger partial charge on any atom is 0.306 e. The second-order valence-electron chi connectivity index (χ2n) is 15.2. The normalized spacial score (nSPS) is 14.1. The topological polar surface area (TPSA) is 95.9 Å². The first kappa shape index (κ1) is 52.3. The molecule has 0 aromatic carbocycles. The zero-order chi connectivity index (χ0) is 40.3. The van der Waals surface area contributed by atoms with Crippen LogP contribution in [0, 0.1) is 0 Å². The van der Waals surface area contributed by atoms with E-state index in [4.69, 9.17) is 4.74 Å². The molecule has 0 aromatic heterocycles. The van der Waals surface area contributed by atoms with Gasteiger partial charge in [-0.25, -0.2) is 0 Å². The van der Waals surface area contributed by atoms with Crippen molar-refractivity contribution >= 4 is 11.9 Å². The van der Waals surface area contributed by atoms with Crippen molar-refractivity contribution in [3.8, 4) is 0 Å². The Morgan fingerprint density at radius 2 is 1.02 bits per heavy atom. The molecule has 6 nitrogen and oxygen atoms in total. The Morgan fingerprint density at radius 3 is 1.56 bits per heavy atom. The maximum atomic E-state index is 13.1. The Balaban J connectivity index is 4.77. The molecule has 0 rings (SSSR count). The molecule has 6 heteroatoms. The van der Waals surface area contributed by atoms with Gasteiger partial charge in [-0.3, -0.25) is 9.59 Å². The lowest BCUT2D eigenvalue weighted by Gasteiger charge is -2.24. The summed E-state index contributed by atoms with van der Waals surface area (Å²) in [6, 6.07) is -0.725. The fourth-order valence-electron chi connectivity index (χ4n) is 6.46. The summed E-state index contributed by atoms with van der Waals surface area (Å²) in [6.45, 7) is 6.28. The van der Waals surface area contributed by atoms with Crippen LogP contribution in [0.25, 0.3) is 0 Å². The van der Waals surface area contributed by atoms with E-state index in [0.29, 0.717) is 19.3 Å². The summed E-state index contributed by atoms with van der Waals surface area (Å²) in [6.07, 6.45) is 52.5. The summed E-state index contributed by atoms with van der Waals surface area (Å²) in [7, 11) is 0. The van der Waals surface area contributed by atoms with E-state index >= 15 is 0 Å². The third-order valence-electron chi connectivity index (χ3n) is 9.90. The van der Waals surface area contributed by atoms with E-state index in [1.807, 2.05) is 54.7 Å². The third-order valence-corrected chi connectivity index (χ3v) is 9.90. The second kappa shape index (κ2) is 42.4. The number of allylic oxidation sites excluding steroid dienone is 12. The predicted octanol–water partition coefficient (Wildman–Crippen LogP) is 13.1. The zero-order valence-electron chi connectivity index (χ0n) is 35.8. The van der Waals surface area contributed by atoms with Crippen LogP contribution in [0.2, 0.25) is 0 Å². The van der Waals surface area contributed by atoms with E-state index in [2.05, 4.69) is 44.3 Å². The van der Waals surface area contributed by atoms with Gasteiger partial charge in [-0.15, -0.1) is 0 Å². The van der Waals surface area contributed by atoms with Crippen LogP contribution in [0.1, 0.15) is 201 Å². The molecule has 0 bridgehead atoms. The minimum atomic E-state index is -0.807. The zero-order valence-corrected chi connectivity index (χ0v) is 35.8. The number of unbranched alkanes of at least 4 members (excludes halogenated alkanes) is 19. The average Bonchev–Trinajstić information content (AvgIpc) is 3.18. The fourth-order valence-corrected chi connectivity index (χ4v) is 6.46. The maximum absolute atomic E-state index is 13.1. The molecule has 0 heterocycles. The first-order chi connectivity index (χ1) is 27.0. The molecule has 0 fully saturated rings. The Bertz CT molecular complexity index is 1040. The monoisotopic (exact) mass is 768 g/mol.